The number of benzene rings is 2. The van der Waals surface area contributed by atoms with E-state index in [4.69, 9.17) is 33.5 Å². The van der Waals surface area contributed by atoms with Crippen LogP contribution >= 0.6 is 7.82 Å². The van der Waals surface area contributed by atoms with E-state index in [-0.39, 0.29) is 12.2 Å². The minimum atomic E-state index is -4.64. The van der Waals surface area contributed by atoms with Crippen LogP contribution in [0.2, 0.25) is 0 Å². The van der Waals surface area contributed by atoms with Crippen LogP contribution in [-0.2, 0) is 14.0 Å². The average molecular weight is 609 g/mol. The highest BCUT2D eigenvalue weighted by Crippen LogP contribution is 2.38. The van der Waals surface area contributed by atoms with Crippen molar-refractivity contribution in [2.24, 2.45) is 0 Å². The molecule has 0 bridgehead atoms. The number of unbranched alkanes of at least 4 members (excludes halogenated alkanes) is 10. The molecule has 240 valence electrons. The van der Waals surface area contributed by atoms with Crippen LogP contribution in [0, 0.1) is 0 Å². The fourth-order valence-corrected chi connectivity index (χ4v) is 5.08. The van der Waals surface area contributed by atoms with Gasteiger partial charge in [-0.2, -0.15) is 0 Å². The van der Waals surface area contributed by atoms with Crippen LogP contribution in [0.4, 0.5) is 0 Å². The second-order valence-electron chi connectivity index (χ2n) is 10.7. The fraction of sp³-hybridized carbons (Fsp3) is 0.647. The van der Waals surface area contributed by atoms with Gasteiger partial charge in [0.15, 0.2) is 0 Å². The molecule has 0 saturated heterocycles. The molecule has 0 radical (unpaired) electrons. The predicted octanol–water partition coefficient (Wildman–Crippen LogP) is 10.2. The zero-order valence-corrected chi connectivity index (χ0v) is 27.4. The zero-order chi connectivity index (χ0) is 31.1. The van der Waals surface area contributed by atoms with Crippen LogP contribution in [0.3, 0.4) is 0 Å². The van der Waals surface area contributed by atoms with Crippen LogP contribution in [0.5, 0.6) is 11.5 Å². The maximum Gasteiger partial charge on any atom is 0.466 e. The van der Waals surface area contributed by atoms with Crippen molar-refractivity contribution in [1.82, 2.24) is 0 Å². The van der Waals surface area contributed by atoms with Crippen molar-refractivity contribution in [2.45, 2.75) is 130 Å². The van der Waals surface area contributed by atoms with Crippen molar-refractivity contribution in [3.8, 4) is 11.5 Å². The molecular weight excluding hydrogens is 551 g/mol. The van der Waals surface area contributed by atoms with Crippen molar-refractivity contribution < 1.29 is 33.5 Å². The molecule has 0 saturated carbocycles. The van der Waals surface area contributed by atoms with Crippen molar-refractivity contribution >= 4 is 7.82 Å². The number of phosphoric acid groups is 1. The molecule has 8 heteroatoms. The first-order valence-electron chi connectivity index (χ1n) is 16.1. The van der Waals surface area contributed by atoms with E-state index in [1.807, 2.05) is 0 Å². The minimum absolute atomic E-state index is 0.0605. The summed E-state index contributed by atoms with van der Waals surface area (Å²) in [6.07, 6.45) is 17.6. The lowest BCUT2D eigenvalue weighted by Gasteiger charge is -2.23. The number of hydrogen-bond acceptors (Lipinski definition) is 4. The summed E-state index contributed by atoms with van der Waals surface area (Å²) in [5.41, 5.74) is 2.30. The molecule has 0 aliphatic carbocycles. The first kappa shape index (κ1) is 38.3. The van der Waals surface area contributed by atoms with Gasteiger partial charge in [-0.25, -0.2) is 4.57 Å². The Kier molecular flexibility index (Phi) is 21.6. The van der Waals surface area contributed by atoms with E-state index in [1.54, 1.807) is 0 Å². The molecule has 0 aromatic heterocycles. The third kappa shape index (κ3) is 18.0. The Bertz CT molecular complexity index is 902. The van der Waals surface area contributed by atoms with Crippen LogP contribution in [0.1, 0.15) is 141 Å². The third-order valence-corrected chi connectivity index (χ3v) is 7.13. The lowest BCUT2D eigenvalue weighted by Crippen LogP contribution is -2.08. The number of hydrogen-bond donors (Lipinski definition) is 3. The molecule has 2 aromatic carbocycles. The Hall–Kier alpha value is -1.73. The van der Waals surface area contributed by atoms with E-state index < -0.39 is 7.82 Å². The topological polar surface area (TPSA) is 105 Å². The maximum absolute atomic E-state index is 8.88. The molecule has 42 heavy (non-hydrogen) atoms. The van der Waals surface area contributed by atoms with Gasteiger partial charge in [0.1, 0.15) is 11.5 Å². The number of para-hydroxylation sites is 2. The molecule has 0 aliphatic rings. The molecule has 2 rings (SSSR count). The first-order valence-corrected chi connectivity index (χ1v) is 17.7. The monoisotopic (exact) mass is 608 g/mol. The zero-order valence-electron chi connectivity index (χ0n) is 26.5. The van der Waals surface area contributed by atoms with Gasteiger partial charge in [0, 0.05) is 24.3 Å². The summed E-state index contributed by atoms with van der Waals surface area (Å²) in [5.74, 6) is 1.79. The van der Waals surface area contributed by atoms with E-state index in [0.29, 0.717) is 13.2 Å². The molecular formula is C34H57O7P. The average Bonchev–Trinajstić information content (AvgIpc) is 2.95. The van der Waals surface area contributed by atoms with Crippen LogP contribution in [0.25, 0.3) is 0 Å². The van der Waals surface area contributed by atoms with Crippen LogP contribution < -0.4 is 4.74 Å². The normalized spacial score (nSPS) is 12.8. The molecule has 2 atom stereocenters. The Morgan fingerprint density at radius 3 is 1.26 bits per heavy atom. The standard InChI is InChI=1S/C34H54O3.H3O4P/c1-5-9-11-13-15-17-25-31(35-7-3)29-23-19-21-27-33(29)37-34-28-22-20-24-30(34)32(36-8-4)26-18-16-14-12-10-6-2;1-5(2,3)4/h19-24,27-28,31-32H,5-18,25-26H2,1-4H3;(H3,1,2,3,4). The van der Waals surface area contributed by atoms with Gasteiger partial charge in [0.05, 0.1) is 12.2 Å². The smallest absolute Gasteiger partial charge is 0.457 e. The SMILES string of the molecule is CCCCCCCCC(OCC)c1ccccc1Oc1ccccc1C(CCCCCCCC)OCC.O=P(O)(O)O. The largest absolute Gasteiger partial charge is 0.466 e. The van der Waals surface area contributed by atoms with Gasteiger partial charge in [-0.1, -0.05) is 127 Å². The summed E-state index contributed by atoms with van der Waals surface area (Å²) in [6, 6.07) is 16.8. The van der Waals surface area contributed by atoms with Crippen molar-refractivity contribution in [2.75, 3.05) is 13.2 Å². The lowest BCUT2D eigenvalue weighted by atomic mass is 10.00. The second-order valence-corrected chi connectivity index (χ2v) is 11.7. The van der Waals surface area contributed by atoms with Gasteiger partial charge in [0.2, 0.25) is 0 Å². The summed E-state index contributed by atoms with van der Waals surface area (Å²) in [5, 5.41) is 0. The maximum atomic E-state index is 8.88. The van der Waals surface area contributed by atoms with Crippen molar-refractivity contribution in [3.63, 3.8) is 0 Å². The summed E-state index contributed by atoms with van der Waals surface area (Å²) in [4.78, 5) is 21.6. The van der Waals surface area contributed by atoms with Gasteiger partial charge in [-0.05, 0) is 38.8 Å². The molecule has 2 aromatic rings. The Labute approximate surface area is 255 Å². The van der Waals surface area contributed by atoms with E-state index >= 15 is 0 Å². The van der Waals surface area contributed by atoms with Crippen LogP contribution in [0.15, 0.2) is 48.5 Å². The molecule has 0 aliphatic heterocycles. The summed E-state index contributed by atoms with van der Waals surface area (Å²) in [7, 11) is -4.64. The highest BCUT2D eigenvalue weighted by atomic mass is 31.2. The highest BCUT2D eigenvalue weighted by Gasteiger charge is 2.20. The Morgan fingerprint density at radius 2 is 0.905 bits per heavy atom. The van der Waals surface area contributed by atoms with Gasteiger partial charge >= 0.3 is 7.82 Å². The molecule has 0 spiro atoms. The first-order chi connectivity index (χ1) is 20.2. The third-order valence-electron chi connectivity index (χ3n) is 7.13. The Morgan fingerprint density at radius 1 is 0.571 bits per heavy atom. The molecule has 0 heterocycles. The van der Waals surface area contributed by atoms with E-state index in [9.17, 15) is 0 Å². The Balaban J connectivity index is 0.00000162. The number of ether oxygens (including phenoxy) is 3. The van der Waals surface area contributed by atoms with E-state index in [1.165, 1.54) is 77.0 Å². The summed E-state index contributed by atoms with van der Waals surface area (Å²) >= 11 is 0. The van der Waals surface area contributed by atoms with Crippen molar-refractivity contribution in [3.05, 3.63) is 59.7 Å². The van der Waals surface area contributed by atoms with Crippen LogP contribution in [-0.4, -0.2) is 27.9 Å². The summed E-state index contributed by atoms with van der Waals surface area (Å²) in [6.45, 7) is 10.1. The summed E-state index contributed by atoms with van der Waals surface area (Å²) < 4.78 is 28.0. The van der Waals surface area contributed by atoms with Gasteiger partial charge in [-0.3, -0.25) is 0 Å². The quantitative estimate of drug-likeness (QED) is 0.0902. The second kappa shape index (κ2) is 23.7. The molecule has 0 amide bonds. The molecule has 3 N–H and O–H groups in total. The highest BCUT2D eigenvalue weighted by molar-refractivity contribution is 7.45. The minimum Gasteiger partial charge on any atom is -0.457 e. The number of rotatable bonds is 22. The van der Waals surface area contributed by atoms with E-state index in [2.05, 4.69) is 76.2 Å². The fourth-order valence-electron chi connectivity index (χ4n) is 5.08. The molecule has 2 unspecified atom stereocenters. The van der Waals surface area contributed by atoms with Crippen molar-refractivity contribution in [1.29, 1.82) is 0 Å². The lowest BCUT2D eigenvalue weighted by molar-refractivity contribution is 0.0508. The van der Waals surface area contributed by atoms with Gasteiger partial charge in [-0.15, -0.1) is 0 Å². The van der Waals surface area contributed by atoms with Gasteiger partial charge in [0.25, 0.3) is 0 Å². The molecule has 0 fully saturated rings. The van der Waals surface area contributed by atoms with Gasteiger partial charge < -0.3 is 28.9 Å². The molecule has 7 nitrogen and oxygen atoms in total. The van der Waals surface area contributed by atoms with E-state index in [0.717, 1.165) is 35.5 Å². The predicted molar refractivity (Wildman–Crippen MR) is 172 cm³/mol.